The van der Waals surface area contributed by atoms with Crippen LogP contribution in [-0.4, -0.2) is 17.9 Å². The maximum absolute atomic E-state index is 12.2. The molecule has 4 heteroatoms. The average Bonchev–Trinajstić information content (AvgIpc) is 2.40. The van der Waals surface area contributed by atoms with Crippen LogP contribution in [0.5, 0.6) is 0 Å². The predicted molar refractivity (Wildman–Crippen MR) is 76.5 cm³/mol. The van der Waals surface area contributed by atoms with E-state index in [-0.39, 0.29) is 5.91 Å². The van der Waals surface area contributed by atoms with Crippen LogP contribution in [-0.2, 0) is 4.79 Å². The van der Waals surface area contributed by atoms with Gasteiger partial charge in [0.05, 0.1) is 0 Å². The molecule has 0 N–H and O–H groups in total. The number of carbonyl (C=O) groups excluding carboxylic acids is 1. The van der Waals surface area contributed by atoms with E-state index >= 15 is 0 Å². The summed E-state index contributed by atoms with van der Waals surface area (Å²) in [7, 11) is 1.81. The molecule has 0 saturated heterocycles. The van der Waals surface area contributed by atoms with Crippen LogP contribution in [0.15, 0.2) is 22.8 Å². The number of carbonyl (C=O) groups is 1. The highest BCUT2D eigenvalue weighted by Gasteiger charge is 2.20. The molecule has 0 spiro atoms. The molecule has 1 aliphatic carbocycles. The lowest BCUT2D eigenvalue weighted by Gasteiger charge is -2.23. The molecule has 1 aromatic rings. The van der Waals surface area contributed by atoms with Gasteiger partial charge in [-0.2, -0.15) is 0 Å². The highest BCUT2D eigenvalue weighted by atomic mass is 79.9. The Bertz CT molecular complexity index is 399. The maximum atomic E-state index is 12.2. The van der Waals surface area contributed by atoms with Crippen molar-refractivity contribution in [1.29, 1.82) is 0 Å². The first kappa shape index (κ1) is 13.5. The molecule has 2 rings (SSSR count). The van der Waals surface area contributed by atoms with Gasteiger partial charge in [0.1, 0.15) is 5.82 Å². The van der Waals surface area contributed by atoms with Crippen molar-refractivity contribution in [2.45, 2.75) is 38.5 Å². The van der Waals surface area contributed by atoms with Crippen molar-refractivity contribution in [3.8, 4) is 0 Å². The largest absolute Gasteiger partial charge is 0.300 e. The monoisotopic (exact) mass is 310 g/mol. The molecule has 18 heavy (non-hydrogen) atoms. The zero-order valence-corrected chi connectivity index (χ0v) is 12.3. The van der Waals surface area contributed by atoms with Crippen LogP contribution in [0.3, 0.4) is 0 Å². The highest BCUT2D eigenvalue weighted by Crippen LogP contribution is 2.27. The number of amides is 1. The van der Waals surface area contributed by atoms with Crippen LogP contribution < -0.4 is 4.90 Å². The van der Waals surface area contributed by atoms with Crippen molar-refractivity contribution in [3.63, 3.8) is 0 Å². The van der Waals surface area contributed by atoms with Crippen LogP contribution in [0, 0.1) is 5.92 Å². The minimum absolute atomic E-state index is 0.178. The van der Waals surface area contributed by atoms with E-state index in [1.807, 2.05) is 12.1 Å². The third-order valence-electron chi connectivity index (χ3n) is 3.62. The zero-order valence-electron chi connectivity index (χ0n) is 10.7. The SMILES string of the molecule is CN(C(=O)CC1CCCCC1)c1ccc(Br)cn1. The van der Waals surface area contributed by atoms with E-state index in [9.17, 15) is 4.79 Å². The van der Waals surface area contributed by atoms with E-state index in [0.29, 0.717) is 12.3 Å². The van der Waals surface area contributed by atoms with E-state index in [2.05, 4.69) is 20.9 Å². The number of nitrogens with zero attached hydrogens (tertiary/aromatic N) is 2. The lowest BCUT2D eigenvalue weighted by atomic mass is 9.87. The van der Waals surface area contributed by atoms with Gasteiger partial charge in [-0.3, -0.25) is 9.69 Å². The van der Waals surface area contributed by atoms with Crippen LogP contribution in [0.25, 0.3) is 0 Å². The number of pyridine rings is 1. The Morgan fingerprint density at radius 3 is 2.72 bits per heavy atom. The summed E-state index contributed by atoms with van der Waals surface area (Å²) in [6.07, 6.45) is 8.67. The van der Waals surface area contributed by atoms with Crippen molar-refractivity contribution < 1.29 is 4.79 Å². The second-order valence-corrected chi connectivity index (χ2v) is 5.91. The Morgan fingerprint density at radius 2 is 2.11 bits per heavy atom. The molecular weight excluding hydrogens is 292 g/mol. The number of rotatable bonds is 3. The van der Waals surface area contributed by atoms with Gasteiger partial charge in [0.25, 0.3) is 0 Å². The summed E-state index contributed by atoms with van der Waals surface area (Å²) >= 11 is 3.35. The molecule has 0 aromatic carbocycles. The average molecular weight is 311 g/mol. The van der Waals surface area contributed by atoms with Gasteiger partial charge in [-0.15, -0.1) is 0 Å². The molecule has 98 valence electrons. The minimum Gasteiger partial charge on any atom is -0.300 e. The van der Waals surface area contributed by atoms with Crippen LogP contribution in [0.2, 0.25) is 0 Å². The molecule has 1 fully saturated rings. The summed E-state index contributed by atoms with van der Waals surface area (Å²) in [5.74, 6) is 1.47. The summed E-state index contributed by atoms with van der Waals surface area (Å²) in [5, 5.41) is 0. The third kappa shape index (κ3) is 3.55. The molecule has 0 atom stereocenters. The molecule has 1 saturated carbocycles. The predicted octanol–water partition coefficient (Wildman–Crippen LogP) is 3.78. The number of aromatic nitrogens is 1. The van der Waals surface area contributed by atoms with E-state index in [1.165, 1.54) is 32.1 Å². The van der Waals surface area contributed by atoms with Crippen LogP contribution in [0.1, 0.15) is 38.5 Å². The minimum atomic E-state index is 0.178. The van der Waals surface area contributed by atoms with Crippen molar-refractivity contribution in [2.24, 2.45) is 5.92 Å². The third-order valence-corrected chi connectivity index (χ3v) is 4.09. The quantitative estimate of drug-likeness (QED) is 0.851. The van der Waals surface area contributed by atoms with Crippen molar-refractivity contribution >= 4 is 27.7 Å². The molecule has 1 amide bonds. The molecule has 3 nitrogen and oxygen atoms in total. The maximum Gasteiger partial charge on any atom is 0.228 e. The summed E-state index contributed by atoms with van der Waals surface area (Å²) in [6.45, 7) is 0. The number of hydrogen-bond donors (Lipinski definition) is 0. The highest BCUT2D eigenvalue weighted by molar-refractivity contribution is 9.10. The smallest absolute Gasteiger partial charge is 0.228 e. The Labute approximate surface area is 117 Å². The zero-order chi connectivity index (χ0) is 13.0. The van der Waals surface area contributed by atoms with Gasteiger partial charge in [0, 0.05) is 24.1 Å². The lowest BCUT2D eigenvalue weighted by molar-refractivity contribution is -0.119. The van der Waals surface area contributed by atoms with E-state index in [0.717, 1.165) is 10.3 Å². The van der Waals surface area contributed by atoms with Gasteiger partial charge in [-0.05, 0) is 46.8 Å². The fraction of sp³-hybridized carbons (Fsp3) is 0.571. The second-order valence-electron chi connectivity index (χ2n) is 5.00. The van der Waals surface area contributed by atoms with Crippen LogP contribution >= 0.6 is 15.9 Å². The Kier molecular flexibility index (Phi) is 4.75. The molecule has 0 aliphatic heterocycles. The fourth-order valence-electron chi connectivity index (χ4n) is 2.47. The van der Waals surface area contributed by atoms with Crippen molar-refractivity contribution in [2.75, 3.05) is 11.9 Å². The molecule has 0 unspecified atom stereocenters. The summed E-state index contributed by atoms with van der Waals surface area (Å²) in [4.78, 5) is 18.1. The summed E-state index contributed by atoms with van der Waals surface area (Å²) < 4.78 is 0.930. The Hall–Kier alpha value is -0.900. The molecular formula is C14H19BrN2O. The van der Waals surface area contributed by atoms with E-state index in [4.69, 9.17) is 0 Å². The van der Waals surface area contributed by atoms with E-state index < -0.39 is 0 Å². The van der Waals surface area contributed by atoms with Crippen LogP contribution in [0.4, 0.5) is 5.82 Å². The molecule has 1 aliphatic rings. The van der Waals surface area contributed by atoms with E-state index in [1.54, 1.807) is 18.1 Å². The normalized spacial score (nSPS) is 16.6. The molecule has 0 radical (unpaired) electrons. The molecule has 1 heterocycles. The lowest BCUT2D eigenvalue weighted by Crippen LogP contribution is -2.29. The van der Waals surface area contributed by atoms with Crippen molar-refractivity contribution in [3.05, 3.63) is 22.8 Å². The second kappa shape index (κ2) is 6.32. The van der Waals surface area contributed by atoms with Gasteiger partial charge >= 0.3 is 0 Å². The summed E-state index contributed by atoms with van der Waals surface area (Å²) in [5.41, 5.74) is 0. The molecule has 1 aromatic heterocycles. The van der Waals surface area contributed by atoms with Gasteiger partial charge < -0.3 is 0 Å². The standard InChI is InChI=1S/C14H19BrN2O/c1-17(13-8-7-12(15)10-16-13)14(18)9-11-5-3-2-4-6-11/h7-8,10-11H,2-6,9H2,1H3. The Morgan fingerprint density at radius 1 is 1.39 bits per heavy atom. The van der Waals surface area contributed by atoms with Gasteiger partial charge in [0.2, 0.25) is 5.91 Å². The number of hydrogen-bond acceptors (Lipinski definition) is 2. The number of halogens is 1. The van der Waals surface area contributed by atoms with Gasteiger partial charge in [-0.1, -0.05) is 19.3 Å². The Balaban J connectivity index is 1.93. The molecule has 0 bridgehead atoms. The topological polar surface area (TPSA) is 33.2 Å². The number of anilines is 1. The summed E-state index contributed by atoms with van der Waals surface area (Å²) in [6, 6.07) is 3.77. The first-order valence-corrected chi connectivity index (χ1v) is 7.34. The first-order valence-electron chi connectivity index (χ1n) is 6.55. The fourth-order valence-corrected chi connectivity index (χ4v) is 2.70. The first-order chi connectivity index (χ1) is 8.66. The van der Waals surface area contributed by atoms with Gasteiger partial charge in [-0.25, -0.2) is 4.98 Å². The van der Waals surface area contributed by atoms with Gasteiger partial charge in [0.15, 0.2) is 0 Å². The van der Waals surface area contributed by atoms with Crippen molar-refractivity contribution in [1.82, 2.24) is 4.98 Å².